The molecule has 1 amide bonds. The molecule has 0 radical (unpaired) electrons. The van der Waals surface area contributed by atoms with Gasteiger partial charge < -0.3 is 20.1 Å². The second-order valence-electron chi connectivity index (χ2n) is 6.56. The Morgan fingerprint density at radius 1 is 1.33 bits per heavy atom. The summed E-state index contributed by atoms with van der Waals surface area (Å²) in [7, 11) is 1.64. The molecule has 2 N–H and O–H groups in total. The Hall–Kier alpha value is -2.67. The summed E-state index contributed by atoms with van der Waals surface area (Å²) in [4.78, 5) is 21.0. The lowest BCUT2D eigenvalue weighted by molar-refractivity contribution is 0.0949. The fourth-order valence-electron chi connectivity index (χ4n) is 3.04. The molecule has 1 aromatic heterocycles. The van der Waals surface area contributed by atoms with E-state index in [2.05, 4.69) is 20.6 Å². The average molecular weight is 370 g/mol. The highest BCUT2D eigenvalue weighted by Gasteiger charge is 2.16. The Bertz CT molecular complexity index is 776. The molecule has 2 heterocycles. The normalized spacial score (nSPS) is 16.1. The molecule has 1 saturated heterocycles. The fourth-order valence-corrected chi connectivity index (χ4v) is 3.04. The number of benzene rings is 1. The standard InChI is InChI=1S/C20H26N4O3/c1-14-23-18(12-19(24-14)22-13-17-7-4-10-27-17)20(25)21-9-8-15-5-3-6-16(11-15)26-2/h3,5-6,11-12,17H,4,7-10,13H2,1-2H3,(H,21,25)(H,22,23,24). The molecule has 0 aliphatic carbocycles. The molecular formula is C20H26N4O3. The van der Waals surface area contributed by atoms with Crippen LogP contribution in [0.5, 0.6) is 5.75 Å². The molecule has 144 valence electrons. The van der Waals surface area contributed by atoms with Gasteiger partial charge in [0.15, 0.2) is 0 Å². The highest BCUT2D eigenvalue weighted by Crippen LogP contribution is 2.14. The van der Waals surface area contributed by atoms with Gasteiger partial charge in [0, 0.05) is 25.8 Å². The molecule has 2 aromatic rings. The minimum absolute atomic E-state index is 0.205. The van der Waals surface area contributed by atoms with Crippen molar-refractivity contribution < 1.29 is 14.3 Å². The van der Waals surface area contributed by atoms with E-state index in [4.69, 9.17) is 9.47 Å². The van der Waals surface area contributed by atoms with Gasteiger partial charge in [-0.1, -0.05) is 12.1 Å². The van der Waals surface area contributed by atoms with Crippen LogP contribution in [0.25, 0.3) is 0 Å². The smallest absolute Gasteiger partial charge is 0.270 e. The Morgan fingerprint density at radius 2 is 2.22 bits per heavy atom. The summed E-state index contributed by atoms with van der Waals surface area (Å²) < 4.78 is 10.8. The van der Waals surface area contributed by atoms with E-state index in [1.165, 1.54) is 0 Å². The third-order valence-electron chi connectivity index (χ3n) is 4.44. The first-order valence-electron chi connectivity index (χ1n) is 9.26. The van der Waals surface area contributed by atoms with Gasteiger partial charge in [0.1, 0.15) is 23.1 Å². The Kier molecular flexibility index (Phi) is 6.59. The first-order valence-corrected chi connectivity index (χ1v) is 9.26. The van der Waals surface area contributed by atoms with Crippen LogP contribution < -0.4 is 15.4 Å². The summed E-state index contributed by atoms with van der Waals surface area (Å²) in [5.74, 6) is 1.82. The summed E-state index contributed by atoms with van der Waals surface area (Å²) in [6, 6.07) is 9.50. The first kappa shape index (κ1) is 19.1. The van der Waals surface area contributed by atoms with Crippen LogP contribution in [0.15, 0.2) is 30.3 Å². The largest absolute Gasteiger partial charge is 0.497 e. The van der Waals surface area contributed by atoms with E-state index in [-0.39, 0.29) is 12.0 Å². The van der Waals surface area contributed by atoms with Gasteiger partial charge in [-0.25, -0.2) is 9.97 Å². The number of amides is 1. The topological polar surface area (TPSA) is 85.4 Å². The third-order valence-corrected chi connectivity index (χ3v) is 4.44. The maximum atomic E-state index is 12.4. The maximum absolute atomic E-state index is 12.4. The molecule has 1 aromatic carbocycles. The SMILES string of the molecule is COc1cccc(CCNC(=O)c2cc(NCC3CCCO3)nc(C)n2)c1. The number of aryl methyl sites for hydroxylation is 1. The van der Waals surface area contributed by atoms with Gasteiger partial charge in [-0.15, -0.1) is 0 Å². The molecule has 1 fully saturated rings. The second kappa shape index (κ2) is 9.32. The summed E-state index contributed by atoms with van der Waals surface area (Å²) >= 11 is 0. The maximum Gasteiger partial charge on any atom is 0.270 e. The van der Waals surface area contributed by atoms with E-state index in [0.717, 1.165) is 37.2 Å². The molecule has 0 saturated carbocycles. The second-order valence-corrected chi connectivity index (χ2v) is 6.56. The molecule has 0 spiro atoms. The van der Waals surface area contributed by atoms with Crippen LogP contribution in [0.2, 0.25) is 0 Å². The van der Waals surface area contributed by atoms with Crippen molar-refractivity contribution in [2.75, 3.05) is 32.1 Å². The van der Waals surface area contributed by atoms with Crippen molar-refractivity contribution in [3.63, 3.8) is 0 Å². The lowest BCUT2D eigenvalue weighted by Crippen LogP contribution is -2.27. The first-order chi connectivity index (χ1) is 13.1. The van der Waals surface area contributed by atoms with E-state index in [9.17, 15) is 4.79 Å². The minimum Gasteiger partial charge on any atom is -0.497 e. The zero-order valence-electron chi connectivity index (χ0n) is 15.8. The van der Waals surface area contributed by atoms with E-state index in [0.29, 0.717) is 30.4 Å². The molecule has 7 nitrogen and oxygen atoms in total. The van der Waals surface area contributed by atoms with Gasteiger partial charge in [-0.05, 0) is 43.9 Å². The van der Waals surface area contributed by atoms with Crippen molar-refractivity contribution in [2.24, 2.45) is 0 Å². The number of nitrogens with one attached hydrogen (secondary N) is 2. The summed E-state index contributed by atoms with van der Waals surface area (Å²) in [5.41, 5.74) is 1.47. The molecular weight excluding hydrogens is 344 g/mol. The predicted molar refractivity (Wildman–Crippen MR) is 103 cm³/mol. The zero-order chi connectivity index (χ0) is 19.1. The lowest BCUT2D eigenvalue weighted by atomic mass is 10.1. The van der Waals surface area contributed by atoms with Crippen LogP contribution >= 0.6 is 0 Å². The molecule has 3 rings (SSSR count). The van der Waals surface area contributed by atoms with Gasteiger partial charge in [0.2, 0.25) is 0 Å². The van der Waals surface area contributed by atoms with Crippen LogP contribution in [0.3, 0.4) is 0 Å². The van der Waals surface area contributed by atoms with E-state index >= 15 is 0 Å². The van der Waals surface area contributed by atoms with Crippen molar-refractivity contribution >= 4 is 11.7 Å². The quantitative estimate of drug-likeness (QED) is 0.742. The summed E-state index contributed by atoms with van der Waals surface area (Å²) in [5, 5.41) is 6.16. The Morgan fingerprint density at radius 3 is 3.00 bits per heavy atom. The summed E-state index contributed by atoms with van der Waals surface area (Å²) in [6.07, 6.45) is 3.07. The number of methoxy groups -OCH3 is 1. The Labute approximate surface area is 159 Å². The van der Waals surface area contributed by atoms with Gasteiger partial charge in [-0.2, -0.15) is 0 Å². The monoisotopic (exact) mass is 370 g/mol. The highest BCUT2D eigenvalue weighted by atomic mass is 16.5. The number of aromatic nitrogens is 2. The van der Waals surface area contributed by atoms with Gasteiger partial charge in [-0.3, -0.25) is 4.79 Å². The number of carbonyl (C=O) groups excluding carboxylic acids is 1. The number of carbonyl (C=O) groups is 1. The molecule has 27 heavy (non-hydrogen) atoms. The molecule has 1 unspecified atom stereocenters. The van der Waals surface area contributed by atoms with Crippen molar-refractivity contribution in [3.05, 3.63) is 47.4 Å². The minimum atomic E-state index is -0.205. The summed E-state index contributed by atoms with van der Waals surface area (Å²) in [6.45, 7) is 3.81. The molecule has 1 atom stereocenters. The van der Waals surface area contributed by atoms with Gasteiger partial charge in [0.25, 0.3) is 5.91 Å². The third kappa shape index (κ3) is 5.65. The number of hydrogen-bond acceptors (Lipinski definition) is 6. The van der Waals surface area contributed by atoms with E-state index in [1.54, 1.807) is 20.1 Å². The number of hydrogen-bond donors (Lipinski definition) is 2. The lowest BCUT2D eigenvalue weighted by Gasteiger charge is -2.12. The molecule has 1 aliphatic rings. The number of rotatable bonds is 8. The van der Waals surface area contributed by atoms with Crippen LogP contribution in [0.1, 0.15) is 34.7 Å². The molecule has 7 heteroatoms. The predicted octanol–water partition coefficient (Wildman–Crippen LogP) is 2.36. The van der Waals surface area contributed by atoms with Crippen molar-refractivity contribution in [2.45, 2.75) is 32.3 Å². The van der Waals surface area contributed by atoms with Crippen LogP contribution in [0, 0.1) is 6.92 Å². The fraction of sp³-hybridized carbons (Fsp3) is 0.450. The number of nitrogens with zero attached hydrogens (tertiary/aromatic N) is 2. The van der Waals surface area contributed by atoms with Crippen LogP contribution in [0.4, 0.5) is 5.82 Å². The average Bonchev–Trinajstić information content (AvgIpc) is 3.20. The highest BCUT2D eigenvalue weighted by molar-refractivity contribution is 5.92. The van der Waals surface area contributed by atoms with E-state index < -0.39 is 0 Å². The molecule has 0 bridgehead atoms. The molecule has 1 aliphatic heterocycles. The number of anilines is 1. The Balaban J connectivity index is 1.53. The van der Waals surface area contributed by atoms with Gasteiger partial charge in [0.05, 0.1) is 13.2 Å². The van der Waals surface area contributed by atoms with Crippen molar-refractivity contribution in [3.8, 4) is 5.75 Å². The number of ether oxygens (including phenoxy) is 2. The van der Waals surface area contributed by atoms with Gasteiger partial charge >= 0.3 is 0 Å². The van der Waals surface area contributed by atoms with Crippen LogP contribution in [-0.2, 0) is 11.2 Å². The zero-order valence-corrected chi connectivity index (χ0v) is 15.8. The van der Waals surface area contributed by atoms with Crippen molar-refractivity contribution in [1.82, 2.24) is 15.3 Å². The van der Waals surface area contributed by atoms with E-state index in [1.807, 2.05) is 24.3 Å². The van der Waals surface area contributed by atoms with Crippen molar-refractivity contribution in [1.29, 1.82) is 0 Å². The van der Waals surface area contributed by atoms with Crippen LogP contribution in [-0.4, -0.2) is 48.8 Å².